The fraction of sp³-hybridized carbons (Fsp3) is 1.00. The molecule has 0 saturated carbocycles. The molecule has 4 N–H and O–H groups in total. The zero-order valence-electron chi connectivity index (χ0n) is 7.89. The summed E-state index contributed by atoms with van der Waals surface area (Å²) in [5.41, 5.74) is 0. The summed E-state index contributed by atoms with van der Waals surface area (Å²) < 4.78 is 0. The van der Waals surface area contributed by atoms with E-state index >= 15 is 0 Å². The summed E-state index contributed by atoms with van der Waals surface area (Å²) in [6, 6.07) is 0. The molecular weight excluding hydrogens is 172 g/mol. The normalized spacial score (nSPS) is 15.7. The molecule has 0 radical (unpaired) electrons. The molecule has 0 heterocycles. The van der Waals surface area contributed by atoms with E-state index in [0.717, 1.165) is 0 Å². The van der Waals surface area contributed by atoms with Crippen molar-refractivity contribution in [2.24, 2.45) is 5.92 Å². The molecule has 4 nitrogen and oxygen atoms in total. The van der Waals surface area contributed by atoms with Gasteiger partial charge in [0.2, 0.25) is 0 Å². The lowest BCUT2D eigenvalue weighted by Crippen LogP contribution is -2.24. The summed E-state index contributed by atoms with van der Waals surface area (Å²) in [6.45, 7) is 0.0883. The van der Waals surface area contributed by atoms with E-state index in [9.17, 15) is 5.11 Å². The Morgan fingerprint density at radius 2 is 1.38 bits per heavy atom. The summed E-state index contributed by atoms with van der Waals surface area (Å²) in [5.74, 6) is -0.168. The van der Waals surface area contributed by atoms with Crippen LogP contribution in [0.2, 0.25) is 0 Å². The zero-order chi connectivity index (χ0) is 10.1. The van der Waals surface area contributed by atoms with Crippen molar-refractivity contribution >= 4 is 0 Å². The first-order valence-corrected chi connectivity index (χ1v) is 4.76. The molecule has 0 aromatic rings. The molecular formula is C9H20O4. The molecule has 2 unspecified atom stereocenters. The van der Waals surface area contributed by atoms with E-state index in [1.807, 2.05) is 0 Å². The van der Waals surface area contributed by atoms with Crippen LogP contribution in [0, 0.1) is 5.92 Å². The summed E-state index contributed by atoms with van der Waals surface area (Å²) in [6.07, 6.45) is 1.72. The molecule has 13 heavy (non-hydrogen) atoms. The maximum atomic E-state index is 9.51. The van der Waals surface area contributed by atoms with Crippen molar-refractivity contribution in [1.82, 2.24) is 0 Å². The first-order valence-electron chi connectivity index (χ1n) is 4.76. The average molecular weight is 192 g/mol. The highest BCUT2D eigenvalue weighted by Gasteiger charge is 2.17. The molecule has 0 aromatic heterocycles. The monoisotopic (exact) mass is 192 g/mol. The first kappa shape index (κ1) is 12.8. The van der Waals surface area contributed by atoms with Gasteiger partial charge in [-0.3, -0.25) is 0 Å². The van der Waals surface area contributed by atoms with Crippen molar-refractivity contribution < 1.29 is 20.4 Å². The minimum atomic E-state index is -0.566. The second-order valence-corrected chi connectivity index (χ2v) is 3.24. The van der Waals surface area contributed by atoms with Gasteiger partial charge in [-0.05, 0) is 25.7 Å². The van der Waals surface area contributed by atoms with Gasteiger partial charge in [0.1, 0.15) is 0 Å². The molecule has 0 aliphatic heterocycles. The predicted molar refractivity (Wildman–Crippen MR) is 49.2 cm³/mol. The van der Waals surface area contributed by atoms with E-state index in [0.29, 0.717) is 25.7 Å². The Hall–Kier alpha value is -0.160. The van der Waals surface area contributed by atoms with Crippen LogP contribution in [0.15, 0.2) is 0 Å². The van der Waals surface area contributed by atoms with Crippen molar-refractivity contribution in [3.8, 4) is 0 Å². The Bertz CT molecular complexity index is 108. The van der Waals surface area contributed by atoms with Crippen molar-refractivity contribution in [2.75, 3.05) is 19.8 Å². The van der Waals surface area contributed by atoms with Crippen LogP contribution in [-0.4, -0.2) is 46.4 Å². The standard InChI is InChI=1S/C9H20O4/c10-5-1-3-8(7-12)9(13)4-2-6-11/h8-13H,1-7H2. The Balaban J connectivity index is 3.63. The third kappa shape index (κ3) is 5.99. The van der Waals surface area contributed by atoms with Crippen molar-refractivity contribution in [3.05, 3.63) is 0 Å². The topological polar surface area (TPSA) is 80.9 Å². The van der Waals surface area contributed by atoms with Gasteiger partial charge < -0.3 is 20.4 Å². The summed E-state index contributed by atoms with van der Waals surface area (Å²) in [7, 11) is 0. The summed E-state index contributed by atoms with van der Waals surface area (Å²) in [4.78, 5) is 0. The fourth-order valence-corrected chi connectivity index (χ4v) is 1.29. The van der Waals surface area contributed by atoms with Gasteiger partial charge in [-0.2, -0.15) is 0 Å². The Labute approximate surface area is 78.8 Å². The molecule has 0 spiro atoms. The van der Waals surface area contributed by atoms with Crippen LogP contribution in [0.3, 0.4) is 0 Å². The Morgan fingerprint density at radius 3 is 1.85 bits per heavy atom. The van der Waals surface area contributed by atoms with E-state index in [-0.39, 0.29) is 25.7 Å². The highest BCUT2D eigenvalue weighted by molar-refractivity contribution is 4.68. The second kappa shape index (κ2) is 8.44. The van der Waals surface area contributed by atoms with Crippen molar-refractivity contribution in [3.63, 3.8) is 0 Å². The Morgan fingerprint density at radius 1 is 0.846 bits per heavy atom. The number of hydrogen-bond acceptors (Lipinski definition) is 4. The maximum absolute atomic E-state index is 9.51. The number of rotatable bonds is 8. The zero-order valence-corrected chi connectivity index (χ0v) is 7.89. The van der Waals surface area contributed by atoms with Crippen LogP contribution in [0.25, 0.3) is 0 Å². The van der Waals surface area contributed by atoms with Crippen LogP contribution in [-0.2, 0) is 0 Å². The van der Waals surface area contributed by atoms with Crippen LogP contribution in [0.5, 0.6) is 0 Å². The SMILES string of the molecule is OCCCC(O)C(CO)CCCO. The van der Waals surface area contributed by atoms with Crippen LogP contribution >= 0.6 is 0 Å². The molecule has 4 heteroatoms. The van der Waals surface area contributed by atoms with E-state index < -0.39 is 6.10 Å². The highest BCUT2D eigenvalue weighted by atomic mass is 16.3. The largest absolute Gasteiger partial charge is 0.396 e. The van der Waals surface area contributed by atoms with Gasteiger partial charge in [-0.25, -0.2) is 0 Å². The molecule has 0 aliphatic rings. The number of aliphatic hydroxyl groups excluding tert-OH is 4. The molecule has 2 atom stereocenters. The summed E-state index contributed by atoms with van der Waals surface area (Å²) in [5, 5.41) is 35.5. The van der Waals surface area contributed by atoms with E-state index in [4.69, 9.17) is 15.3 Å². The van der Waals surface area contributed by atoms with Gasteiger partial charge in [-0.15, -0.1) is 0 Å². The average Bonchev–Trinajstić information content (AvgIpc) is 2.16. The Kier molecular flexibility index (Phi) is 8.33. The lowest BCUT2D eigenvalue weighted by molar-refractivity contribution is 0.0475. The smallest absolute Gasteiger partial charge is 0.0591 e. The van der Waals surface area contributed by atoms with E-state index in [2.05, 4.69) is 0 Å². The molecule has 0 aliphatic carbocycles. The van der Waals surface area contributed by atoms with Crippen molar-refractivity contribution in [2.45, 2.75) is 31.8 Å². The lowest BCUT2D eigenvalue weighted by Gasteiger charge is -2.19. The van der Waals surface area contributed by atoms with Gasteiger partial charge >= 0.3 is 0 Å². The molecule has 0 saturated heterocycles. The van der Waals surface area contributed by atoms with Gasteiger partial charge in [0.05, 0.1) is 6.10 Å². The fourth-order valence-electron chi connectivity index (χ4n) is 1.29. The lowest BCUT2D eigenvalue weighted by atomic mass is 9.95. The third-order valence-electron chi connectivity index (χ3n) is 2.17. The van der Waals surface area contributed by atoms with Crippen LogP contribution in [0.4, 0.5) is 0 Å². The quantitative estimate of drug-likeness (QED) is 0.418. The maximum Gasteiger partial charge on any atom is 0.0591 e. The predicted octanol–water partition coefficient (Wildman–Crippen LogP) is -0.499. The van der Waals surface area contributed by atoms with E-state index in [1.165, 1.54) is 0 Å². The number of aliphatic hydroxyl groups is 4. The van der Waals surface area contributed by atoms with E-state index in [1.54, 1.807) is 0 Å². The molecule has 0 fully saturated rings. The van der Waals surface area contributed by atoms with Crippen LogP contribution < -0.4 is 0 Å². The van der Waals surface area contributed by atoms with Gasteiger partial charge in [0.15, 0.2) is 0 Å². The molecule has 0 aromatic carbocycles. The molecule has 0 bridgehead atoms. The molecule has 80 valence electrons. The molecule has 0 rings (SSSR count). The minimum absolute atomic E-state index is 0.0629. The van der Waals surface area contributed by atoms with Crippen molar-refractivity contribution in [1.29, 1.82) is 0 Å². The van der Waals surface area contributed by atoms with Gasteiger partial charge in [0, 0.05) is 25.7 Å². The van der Waals surface area contributed by atoms with Crippen LogP contribution in [0.1, 0.15) is 25.7 Å². The first-order chi connectivity index (χ1) is 6.26. The van der Waals surface area contributed by atoms with Gasteiger partial charge in [-0.1, -0.05) is 0 Å². The second-order valence-electron chi connectivity index (χ2n) is 3.24. The number of hydrogen-bond donors (Lipinski definition) is 4. The van der Waals surface area contributed by atoms with Gasteiger partial charge in [0.25, 0.3) is 0 Å². The third-order valence-corrected chi connectivity index (χ3v) is 2.17. The highest BCUT2D eigenvalue weighted by Crippen LogP contribution is 2.14. The molecule has 0 amide bonds. The minimum Gasteiger partial charge on any atom is -0.396 e. The summed E-state index contributed by atoms with van der Waals surface area (Å²) >= 11 is 0.